The van der Waals surface area contributed by atoms with Gasteiger partial charge in [0.15, 0.2) is 5.13 Å². The van der Waals surface area contributed by atoms with Crippen molar-refractivity contribution in [1.82, 2.24) is 4.98 Å². The van der Waals surface area contributed by atoms with Crippen LogP contribution in [0.1, 0.15) is 26.3 Å². The van der Waals surface area contributed by atoms with E-state index < -0.39 is 11.7 Å². The maximum atomic E-state index is 11.6. The van der Waals surface area contributed by atoms with Gasteiger partial charge in [0.1, 0.15) is 5.60 Å². The van der Waals surface area contributed by atoms with Crippen molar-refractivity contribution in [2.24, 2.45) is 0 Å². The highest BCUT2D eigenvalue weighted by atomic mass is 32.1. The Balaban J connectivity index is 2.18. The van der Waals surface area contributed by atoms with Crippen molar-refractivity contribution >= 4 is 32.8 Å². The topological polar surface area (TPSA) is 51.2 Å². The number of para-hydroxylation sites is 1. The predicted molar refractivity (Wildman–Crippen MR) is 73.9 cm³/mol. The second-order valence-electron chi connectivity index (χ2n) is 4.91. The van der Waals surface area contributed by atoms with Gasteiger partial charge in [-0.15, -0.1) is 0 Å². The minimum atomic E-state index is -0.516. The lowest BCUT2D eigenvalue weighted by molar-refractivity contribution is 0.0636. The van der Waals surface area contributed by atoms with Crippen molar-refractivity contribution in [3.63, 3.8) is 0 Å². The summed E-state index contributed by atoms with van der Waals surface area (Å²) in [6, 6.07) is 5.75. The molecule has 0 aliphatic rings. The number of aromatic nitrogens is 1. The Hall–Kier alpha value is -1.62. The fourth-order valence-corrected chi connectivity index (χ4v) is 2.35. The van der Waals surface area contributed by atoms with Crippen LogP contribution in [-0.4, -0.2) is 16.7 Å². The molecule has 0 unspecified atom stereocenters. The minimum Gasteiger partial charge on any atom is -0.444 e. The van der Waals surface area contributed by atoms with Crippen LogP contribution in [0.25, 0.3) is 10.2 Å². The molecule has 0 saturated heterocycles. The van der Waals surface area contributed by atoms with Crippen LogP contribution >= 0.6 is 11.3 Å². The predicted octanol–water partition coefficient (Wildman–Crippen LogP) is 3.83. The van der Waals surface area contributed by atoms with E-state index in [1.165, 1.54) is 11.3 Å². The molecule has 0 saturated carbocycles. The monoisotopic (exact) mass is 263 g/mol. The number of nitrogens with one attached hydrogen (secondary N) is 1. The third-order valence-electron chi connectivity index (χ3n) is 2.11. The number of carbonyl (C=O) groups is 1. The summed E-state index contributed by atoms with van der Waals surface area (Å²) in [6.45, 7) is 9.36. The Morgan fingerprint density at radius 2 is 2.17 bits per heavy atom. The zero-order valence-corrected chi connectivity index (χ0v) is 11.4. The number of hydrogen-bond acceptors (Lipinski definition) is 4. The molecule has 18 heavy (non-hydrogen) atoms. The molecule has 1 amide bonds. The number of anilines is 1. The summed E-state index contributed by atoms with van der Waals surface area (Å²) in [7, 11) is 0. The summed E-state index contributed by atoms with van der Waals surface area (Å²) >= 11 is 1.40. The second kappa shape index (κ2) is 4.57. The highest BCUT2D eigenvalue weighted by Gasteiger charge is 2.17. The van der Waals surface area contributed by atoms with Gasteiger partial charge in [-0.2, -0.15) is 0 Å². The zero-order valence-electron chi connectivity index (χ0n) is 10.6. The van der Waals surface area contributed by atoms with Gasteiger partial charge in [0.25, 0.3) is 0 Å². The van der Waals surface area contributed by atoms with Crippen LogP contribution in [-0.2, 0) is 4.74 Å². The summed E-state index contributed by atoms with van der Waals surface area (Å²) in [5, 5.41) is 3.16. The van der Waals surface area contributed by atoms with Crippen LogP contribution < -0.4 is 5.32 Å². The van der Waals surface area contributed by atoms with E-state index >= 15 is 0 Å². The lowest BCUT2D eigenvalue weighted by atomic mass is 10.2. The van der Waals surface area contributed by atoms with Gasteiger partial charge in [-0.05, 0) is 39.3 Å². The Morgan fingerprint density at radius 3 is 2.78 bits per heavy atom. The first-order chi connectivity index (χ1) is 8.35. The molecule has 1 aromatic carbocycles. The van der Waals surface area contributed by atoms with Crippen LogP contribution in [0.3, 0.4) is 0 Å². The maximum absolute atomic E-state index is 11.6. The summed E-state index contributed by atoms with van der Waals surface area (Å²) in [5.74, 6) is 0. The van der Waals surface area contributed by atoms with Gasteiger partial charge in [0.05, 0.1) is 10.2 Å². The third-order valence-corrected chi connectivity index (χ3v) is 3.05. The van der Waals surface area contributed by atoms with Crippen LogP contribution in [0.15, 0.2) is 18.2 Å². The molecular weight excluding hydrogens is 248 g/mol. The van der Waals surface area contributed by atoms with Crippen molar-refractivity contribution in [2.75, 3.05) is 5.32 Å². The summed E-state index contributed by atoms with van der Waals surface area (Å²) in [4.78, 5) is 15.9. The van der Waals surface area contributed by atoms with E-state index in [4.69, 9.17) is 4.74 Å². The Labute approximate surface area is 110 Å². The van der Waals surface area contributed by atoms with Crippen molar-refractivity contribution in [1.29, 1.82) is 0 Å². The van der Waals surface area contributed by atoms with Crippen LogP contribution in [0.5, 0.6) is 0 Å². The molecule has 0 aliphatic carbocycles. The number of rotatable bonds is 1. The van der Waals surface area contributed by atoms with Gasteiger partial charge in [-0.25, -0.2) is 9.78 Å². The molecule has 1 N–H and O–H groups in total. The standard InChI is InChI=1S/C13H15N2O2S/c1-8-6-5-7-9-10(8)14-11(18-9)15-12(16)17-13(2,3)4/h5-7H,1H2,2-4H3,(H,14,15,16). The minimum absolute atomic E-state index is 0.493. The van der Waals surface area contributed by atoms with E-state index in [1.807, 2.05) is 39.0 Å². The molecule has 2 rings (SSSR count). The van der Waals surface area contributed by atoms with Gasteiger partial charge in [0.2, 0.25) is 0 Å². The molecule has 1 heterocycles. The van der Waals surface area contributed by atoms with Crippen LogP contribution in [0.4, 0.5) is 9.93 Å². The highest BCUT2D eigenvalue weighted by Crippen LogP contribution is 2.28. The number of benzene rings is 1. The number of fused-ring (bicyclic) bond motifs is 1. The molecule has 0 bridgehead atoms. The normalized spacial score (nSPS) is 11.6. The van der Waals surface area contributed by atoms with Crippen LogP contribution in [0, 0.1) is 6.92 Å². The van der Waals surface area contributed by atoms with Crippen molar-refractivity contribution in [2.45, 2.75) is 26.4 Å². The zero-order chi connectivity index (χ0) is 13.3. The molecule has 0 fully saturated rings. The number of hydrogen-bond donors (Lipinski definition) is 1. The Bertz CT molecular complexity index is 584. The largest absolute Gasteiger partial charge is 0.444 e. The van der Waals surface area contributed by atoms with E-state index in [9.17, 15) is 4.79 Å². The lowest BCUT2D eigenvalue weighted by Crippen LogP contribution is -2.27. The average molecular weight is 263 g/mol. The van der Waals surface area contributed by atoms with E-state index in [1.54, 1.807) is 0 Å². The quantitative estimate of drug-likeness (QED) is 0.850. The number of amides is 1. The second-order valence-corrected chi connectivity index (χ2v) is 5.94. The number of ether oxygens (including phenoxy) is 1. The first-order valence-electron chi connectivity index (χ1n) is 5.57. The Kier molecular flexibility index (Phi) is 3.26. The van der Waals surface area contributed by atoms with Crippen molar-refractivity contribution < 1.29 is 9.53 Å². The van der Waals surface area contributed by atoms with Crippen molar-refractivity contribution in [3.8, 4) is 0 Å². The molecule has 0 spiro atoms. The molecule has 1 aromatic heterocycles. The third kappa shape index (κ3) is 2.98. The van der Waals surface area contributed by atoms with Gasteiger partial charge in [-0.1, -0.05) is 23.5 Å². The molecule has 1 radical (unpaired) electrons. The summed E-state index contributed by atoms with van der Waals surface area (Å²) in [6.07, 6.45) is -0.493. The van der Waals surface area contributed by atoms with Gasteiger partial charge in [0, 0.05) is 0 Å². The van der Waals surface area contributed by atoms with E-state index in [0.29, 0.717) is 5.13 Å². The first kappa shape index (κ1) is 12.8. The summed E-state index contributed by atoms with van der Waals surface area (Å²) in [5.41, 5.74) is 1.15. The van der Waals surface area contributed by atoms with E-state index in [0.717, 1.165) is 15.8 Å². The van der Waals surface area contributed by atoms with Gasteiger partial charge < -0.3 is 4.74 Å². The van der Waals surface area contributed by atoms with E-state index in [2.05, 4.69) is 17.2 Å². The fraction of sp³-hybridized carbons (Fsp3) is 0.308. The molecule has 5 heteroatoms. The molecule has 2 aromatic rings. The molecular formula is C13H15N2O2S. The van der Waals surface area contributed by atoms with Gasteiger partial charge in [-0.3, -0.25) is 5.32 Å². The van der Waals surface area contributed by atoms with Crippen LogP contribution in [0.2, 0.25) is 0 Å². The number of thiazole rings is 1. The van der Waals surface area contributed by atoms with Gasteiger partial charge >= 0.3 is 6.09 Å². The molecule has 0 atom stereocenters. The fourth-order valence-electron chi connectivity index (χ4n) is 1.45. The Morgan fingerprint density at radius 1 is 1.44 bits per heavy atom. The number of nitrogens with zero attached hydrogens (tertiary/aromatic N) is 1. The smallest absolute Gasteiger partial charge is 0.413 e. The van der Waals surface area contributed by atoms with Crippen molar-refractivity contribution in [3.05, 3.63) is 30.7 Å². The highest BCUT2D eigenvalue weighted by molar-refractivity contribution is 7.22. The first-order valence-corrected chi connectivity index (χ1v) is 6.38. The lowest BCUT2D eigenvalue weighted by Gasteiger charge is -2.18. The SMILES string of the molecule is [CH2]c1cccc2sc(NC(=O)OC(C)(C)C)nc12. The molecule has 95 valence electrons. The average Bonchev–Trinajstić information content (AvgIpc) is 2.58. The molecule has 4 nitrogen and oxygen atoms in total. The van der Waals surface area contributed by atoms with E-state index in [-0.39, 0.29) is 0 Å². The number of carbonyl (C=O) groups excluding carboxylic acids is 1. The summed E-state index contributed by atoms with van der Waals surface area (Å²) < 4.78 is 6.16. The maximum Gasteiger partial charge on any atom is 0.413 e. The molecule has 0 aliphatic heterocycles.